The van der Waals surface area contributed by atoms with Gasteiger partial charge in [0, 0.05) is 31.9 Å². The van der Waals surface area contributed by atoms with Gasteiger partial charge in [-0.25, -0.2) is 0 Å². The van der Waals surface area contributed by atoms with E-state index in [4.69, 9.17) is 0 Å². The molecule has 15 heavy (non-hydrogen) atoms. The Balaban J connectivity index is 1.85. The fraction of sp³-hybridized carbons (Fsp3) is 0.500. The number of amides is 1. The van der Waals surface area contributed by atoms with Gasteiger partial charge in [-0.3, -0.25) is 9.78 Å². The second kappa shape index (κ2) is 4.91. The minimum absolute atomic E-state index is 0.315. The normalized spacial score (nSPS) is 16.8. The molecule has 1 saturated heterocycles. The fourth-order valence-electron chi connectivity index (χ4n) is 1.91. The van der Waals surface area contributed by atoms with Gasteiger partial charge in [-0.2, -0.15) is 0 Å². The van der Waals surface area contributed by atoms with Crippen LogP contribution in [0.4, 0.5) is 0 Å². The lowest BCUT2D eigenvalue weighted by molar-refractivity contribution is -0.133. The van der Waals surface area contributed by atoms with E-state index < -0.39 is 0 Å². The fourth-order valence-corrected chi connectivity index (χ4v) is 1.91. The van der Waals surface area contributed by atoms with Crippen LogP contribution in [0.2, 0.25) is 0 Å². The molecule has 3 heteroatoms. The molecule has 0 spiro atoms. The largest absolute Gasteiger partial charge is 0.342 e. The summed E-state index contributed by atoms with van der Waals surface area (Å²) in [5.41, 5.74) is 1.25. The van der Waals surface area contributed by atoms with Crippen LogP contribution in [0.15, 0.2) is 24.5 Å². The third kappa shape index (κ3) is 2.78. The molecule has 1 aliphatic heterocycles. The Bertz CT molecular complexity index is 324. The molecule has 2 heterocycles. The highest BCUT2D eigenvalue weighted by molar-refractivity contribution is 5.76. The van der Waals surface area contributed by atoms with Gasteiger partial charge in [-0.05, 0) is 37.0 Å². The SMILES string of the molecule is O=C1CCCCN1CCc1ccncc1. The van der Waals surface area contributed by atoms with E-state index >= 15 is 0 Å². The van der Waals surface area contributed by atoms with Crippen molar-refractivity contribution in [3.8, 4) is 0 Å². The number of hydrogen-bond donors (Lipinski definition) is 0. The Morgan fingerprint density at radius 2 is 2.07 bits per heavy atom. The van der Waals surface area contributed by atoms with E-state index in [1.54, 1.807) is 12.4 Å². The maximum atomic E-state index is 11.5. The third-order valence-electron chi connectivity index (χ3n) is 2.84. The van der Waals surface area contributed by atoms with Crippen LogP contribution in [0.5, 0.6) is 0 Å². The molecule has 0 atom stereocenters. The van der Waals surface area contributed by atoms with Crippen LogP contribution in [0.3, 0.4) is 0 Å². The zero-order chi connectivity index (χ0) is 10.5. The zero-order valence-electron chi connectivity index (χ0n) is 8.85. The average molecular weight is 204 g/mol. The van der Waals surface area contributed by atoms with E-state index in [1.807, 2.05) is 17.0 Å². The Kier molecular flexibility index (Phi) is 3.33. The molecular weight excluding hydrogens is 188 g/mol. The highest BCUT2D eigenvalue weighted by Crippen LogP contribution is 2.11. The predicted octanol–water partition coefficient (Wildman–Crippen LogP) is 1.64. The van der Waals surface area contributed by atoms with Gasteiger partial charge in [0.05, 0.1) is 0 Å². The molecule has 2 rings (SSSR count). The van der Waals surface area contributed by atoms with Gasteiger partial charge in [-0.15, -0.1) is 0 Å². The van der Waals surface area contributed by atoms with Gasteiger partial charge in [0.1, 0.15) is 0 Å². The highest BCUT2D eigenvalue weighted by Gasteiger charge is 2.16. The van der Waals surface area contributed by atoms with Crippen molar-refractivity contribution < 1.29 is 4.79 Å². The molecule has 1 aromatic rings. The highest BCUT2D eigenvalue weighted by atomic mass is 16.2. The number of carbonyl (C=O) groups is 1. The first-order chi connectivity index (χ1) is 7.36. The first-order valence-electron chi connectivity index (χ1n) is 5.53. The second-order valence-corrected chi connectivity index (χ2v) is 3.94. The molecule has 0 N–H and O–H groups in total. The Hall–Kier alpha value is -1.38. The Morgan fingerprint density at radius 3 is 2.80 bits per heavy atom. The van der Waals surface area contributed by atoms with Crippen LogP contribution < -0.4 is 0 Å². The number of nitrogens with zero attached hydrogens (tertiary/aromatic N) is 2. The van der Waals surface area contributed by atoms with Crippen molar-refractivity contribution in [2.24, 2.45) is 0 Å². The van der Waals surface area contributed by atoms with Crippen molar-refractivity contribution in [3.05, 3.63) is 30.1 Å². The van der Waals surface area contributed by atoms with E-state index in [2.05, 4.69) is 4.98 Å². The number of piperidine rings is 1. The van der Waals surface area contributed by atoms with Crippen LogP contribution in [-0.4, -0.2) is 28.9 Å². The van der Waals surface area contributed by atoms with Crippen molar-refractivity contribution in [3.63, 3.8) is 0 Å². The molecule has 0 unspecified atom stereocenters. The van der Waals surface area contributed by atoms with E-state index in [0.29, 0.717) is 5.91 Å². The predicted molar refractivity (Wildman–Crippen MR) is 58.4 cm³/mol. The van der Waals surface area contributed by atoms with Gasteiger partial charge < -0.3 is 4.90 Å². The van der Waals surface area contributed by atoms with Crippen molar-refractivity contribution in [2.45, 2.75) is 25.7 Å². The summed E-state index contributed by atoms with van der Waals surface area (Å²) in [6, 6.07) is 4.02. The summed E-state index contributed by atoms with van der Waals surface area (Å²) in [5, 5.41) is 0. The molecule has 0 saturated carbocycles. The number of pyridine rings is 1. The molecule has 1 aliphatic rings. The lowest BCUT2D eigenvalue weighted by Crippen LogP contribution is -2.36. The van der Waals surface area contributed by atoms with E-state index in [1.165, 1.54) is 5.56 Å². The monoisotopic (exact) mass is 204 g/mol. The molecule has 3 nitrogen and oxygen atoms in total. The average Bonchev–Trinajstić information content (AvgIpc) is 2.29. The summed E-state index contributed by atoms with van der Waals surface area (Å²) in [5.74, 6) is 0.315. The number of rotatable bonds is 3. The summed E-state index contributed by atoms with van der Waals surface area (Å²) in [7, 11) is 0. The summed E-state index contributed by atoms with van der Waals surface area (Å²) in [6.07, 6.45) is 7.48. The van der Waals surface area contributed by atoms with Crippen molar-refractivity contribution in [2.75, 3.05) is 13.1 Å². The molecule has 1 fully saturated rings. The number of hydrogen-bond acceptors (Lipinski definition) is 2. The van der Waals surface area contributed by atoms with E-state index in [9.17, 15) is 4.79 Å². The van der Waals surface area contributed by atoms with Gasteiger partial charge in [0.2, 0.25) is 5.91 Å². The van der Waals surface area contributed by atoms with Gasteiger partial charge >= 0.3 is 0 Å². The third-order valence-corrected chi connectivity index (χ3v) is 2.84. The van der Waals surface area contributed by atoms with Crippen LogP contribution in [-0.2, 0) is 11.2 Å². The molecule has 0 radical (unpaired) electrons. The molecule has 1 amide bonds. The molecular formula is C12H16N2O. The van der Waals surface area contributed by atoms with Gasteiger partial charge in [0.25, 0.3) is 0 Å². The van der Waals surface area contributed by atoms with Crippen LogP contribution in [0, 0.1) is 0 Å². The van der Waals surface area contributed by atoms with Crippen LogP contribution >= 0.6 is 0 Å². The maximum Gasteiger partial charge on any atom is 0.222 e. The minimum Gasteiger partial charge on any atom is -0.342 e. The quantitative estimate of drug-likeness (QED) is 0.750. The van der Waals surface area contributed by atoms with Crippen LogP contribution in [0.25, 0.3) is 0 Å². The number of likely N-dealkylation sites (tertiary alicyclic amines) is 1. The molecule has 0 bridgehead atoms. The smallest absolute Gasteiger partial charge is 0.222 e. The summed E-state index contributed by atoms with van der Waals surface area (Å²) >= 11 is 0. The molecule has 0 aromatic carbocycles. The molecule has 0 aliphatic carbocycles. The molecule has 1 aromatic heterocycles. The summed E-state index contributed by atoms with van der Waals surface area (Å²) < 4.78 is 0. The van der Waals surface area contributed by atoms with Crippen molar-refractivity contribution in [1.82, 2.24) is 9.88 Å². The minimum atomic E-state index is 0.315. The van der Waals surface area contributed by atoms with Crippen molar-refractivity contribution >= 4 is 5.91 Å². The summed E-state index contributed by atoms with van der Waals surface area (Å²) in [4.78, 5) is 17.5. The van der Waals surface area contributed by atoms with E-state index in [-0.39, 0.29) is 0 Å². The second-order valence-electron chi connectivity index (χ2n) is 3.94. The standard InChI is InChI=1S/C12H16N2O/c15-12-3-1-2-9-14(12)10-6-11-4-7-13-8-5-11/h4-5,7-8H,1-3,6,9-10H2. The Morgan fingerprint density at radius 1 is 1.27 bits per heavy atom. The van der Waals surface area contributed by atoms with Crippen molar-refractivity contribution in [1.29, 1.82) is 0 Å². The topological polar surface area (TPSA) is 33.2 Å². The number of carbonyl (C=O) groups excluding carboxylic acids is 1. The van der Waals surface area contributed by atoms with Gasteiger partial charge in [0.15, 0.2) is 0 Å². The molecule has 80 valence electrons. The zero-order valence-corrected chi connectivity index (χ0v) is 8.85. The van der Waals surface area contributed by atoms with Gasteiger partial charge in [-0.1, -0.05) is 0 Å². The summed E-state index contributed by atoms with van der Waals surface area (Å²) in [6.45, 7) is 1.78. The van der Waals surface area contributed by atoms with E-state index in [0.717, 1.165) is 38.8 Å². The lowest BCUT2D eigenvalue weighted by Gasteiger charge is -2.26. The Labute approximate surface area is 90.1 Å². The maximum absolute atomic E-state index is 11.5. The van der Waals surface area contributed by atoms with Crippen LogP contribution in [0.1, 0.15) is 24.8 Å². The number of aromatic nitrogens is 1. The lowest BCUT2D eigenvalue weighted by atomic mass is 10.1. The first kappa shape index (κ1) is 10.1. The first-order valence-corrected chi connectivity index (χ1v) is 5.53.